The molecule has 5 heteroatoms. The van der Waals surface area contributed by atoms with Gasteiger partial charge in [-0.2, -0.15) is 0 Å². The monoisotopic (exact) mass is 391 g/mol. The van der Waals surface area contributed by atoms with Crippen LogP contribution < -0.4 is 4.74 Å². The molecule has 0 aromatic heterocycles. The predicted octanol–water partition coefficient (Wildman–Crippen LogP) is 4.40. The zero-order valence-electron chi connectivity index (χ0n) is 16.2. The number of hydrogen-bond acceptors (Lipinski definition) is 4. The average molecular weight is 391 g/mol. The molecule has 0 atom stereocenters. The number of rotatable bonds is 9. The van der Waals surface area contributed by atoms with E-state index in [9.17, 15) is 4.79 Å². The van der Waals surface area contributed by atoms with Crippen LogP contribution in [0.4, 0.5) is 4.79 Å². The Kier molecular flexibility index (Phi) is 7.66. The van der Waals surface area contributed by atoms with Crippen LogP contribution in [0.25, 0.3) is 0 Å². The molecule has 0 aliphatic rings. The number of hydrogen-bond donors (Lipinski definition) is 1. The molecule has 5 nitrogen and oxygen atoms in total. The summed E-state index contributed by atoms with van der Waals surface area (Å²) in [6, 6.07) is 26.9. The van der Waals surface area contributed by atoms with Crippen LogP contribution in [0.2, 0.25) is 0 Å². The summed E-state index contributed by atoms with van der Waals surface area (Å²) < 4.78 is 10.8. The molecule has 0 aliphatic carbocycles. The van der Waals surface area contributed by atoms with E-state index in [1.165, 1.54) is 0 Å². The van der Waals surface area contributed by atoms with Crippen molar-refractivity contribution in [3.63, 3.8) is 0 Å². The van der Waals surface area contributed by atoms with E-state index >= 15 is 0 Å². The highest BCUT2D eigenvalue weighted by atomic mass is 16.6. The first-order valence-corrected chi connectivity index (χ1v) is 9.57. The van der Waals surface area contributed by atoms with Gasteiger partial charge in [-0.3, -0.25) is 0 Å². The Morgan fingerprint density at radius 1 is 0.828 bits per heavy atom. The van der Waals surface area contributed by atoms with E-state index in [0.717, 1.165) is 16.7 Å². The molecule has 3 aromatic carbocycles. The van der Waals surface area contributed by atoms with Crippen LogP contribution in [0.5, 0.6) is 5.75 Å². The van der Waals surface area contributed by atoms with E-state index < -0.39 is 0 Å². The molecule has 29 heavy (non-hydrogen) atoms. The van der Waals surface area contributed by atoms with Gasteiger partial charge in [0.05, 0.1) is 0 Å². The Morgan fingerprint density at radius 3 is 2.14 bits per heavy atom. The summed E-state index contributed by atoms with van der Waals surface area (Å²) in [5.74, 6) is 0.618. The van der Waals surface area contributed by atoms with E-state index in [4.69, 9.17) is 14.6 Å². The van der Waals surface area contributed by atoms with Gasteiger partial charge in [-0.05, 0) is 29.2 Å². The van der Waals surface area contributed by atoms with Crippen LogP contribution in [0.3, 0.4) is 0 Å². The van der Waals surface area contributed by atoms with Gasteiger partial charge in [0.25, 0.3) is 0 Å². The predicted molar refractivity (Wildman–Crippen MR) is 111 cm³/mol. The number of para-hydroxylation sites is 1. The second-order valence-corrected chi connectivity index (χ2v) is 6.58. The summed E-state index contributed by atoms with van der Waals surface area (Å²) in [5, 5.41) is 9.08. The number of carbonyl (C=O) groups excluding carboxylic acids is 1. The maximum absolute atomic E-state index is 12.8. The van der Waals surface area contributed by atoms with Crippen molar-refractivity contribution in [1.82, 2.24) is 4.90 Å². The van der Waals surface area contributed by atoms with Crippen molar-refractivity contribution in [2.24, 2.45) is 0 Å². The maximum Gasteiger partial charge on any atom is 0.410 e. The van der Waals surface area contributed by atoms with Crippen LogP contribution >= 0.6 is 0 Å². The Balaban J connectivity index is 1.68. The molecule has 1 N–H and O–H groups in total. The van der Waals surface area contributed by atoms with E-state index in [-0.39, 0.29) is 19.5 Å². The summed E-state index contributed by atoms with van der Waals surface area (Å²) >= 11 is 0. The minimum absolute atomic E-state index is 0.231. The molecule has 0 saturated heterocycles. The molecule has 1 amide bonds. The fourth-order valence-electron chi connectivity index (χ4n) is 3.03. The van der Waals surface area contributed by atoms with Crippen LogP contribution in [0.1, 0.15) is 16.7 Å². The van der Waals surface area contributed by atoms with E-state index in [2.05, 4.69) is 0 Å². The van der Waals surface area contributed by atoms with E-state index in [1.54, 1.807) is 11.0 Å². The molecular weight excluding hydrogens is 366 g/mol. The number of aliphatic hydroxyl groups is 1. The van der Waals surface area contributed by atoms with Gasteiger partial charge in [0.1, 0.15) is 12.4 Å². The molecule has 3 aromatic rings. The smallest absolute Gasteiger partial charge is 0.410 e. The van der Waals surface area contributed by atoms with Gasteiger partial charge in [-0.15, -0.1) is 0 Å². The third-order valence-electron chi connectivity index (χ3n) is 4.52. The van der Waals surface area contributed by atoms with Crippen LogP contribution in [-0.2, 0) is 24.3 Å². The second kappa shape index (κ2) is 10.9. The number of carbonyl (C=O) groups is 1. The Morgan fingerprint density at radius 2 is 1.45 bits per heavy atom. The largest absolute Gasteiger partial charge is 0.467 e. The normalized spacial score (nSPS) is 10.4. The quantitative estimate of drug-likeness (QED) is 0.550. The highest BCUT2D eigenvalue weighted by Gasteiger charge is 2.17. The van der Waals surface area contributed by atoms with Crippen LogP contribution in [-0.4, -0.2) is 29.4 Å². The third kappa shape index (κ3) is 6.36. The summed E-state index contributed by atoms with van der Waals surface area (Å²) in [7, 11) is 0. The summed E-state index contributed by atoms with van der Waals surface area (Å²) in [6.45, 7) is 0.769. The summed E-state index contributed by atoms with van der Waals surface area (Å²) in [6.07, 6.45) is 0.224. The molecule has 0 fully saturated rings. The molecule has 0 bridgehead atoms. The number of amides is 1. The van der Waals surface area contributed by atoms with E-state index in [1.807, 2.05) is 78.9 Å². The molecular formula is C24H25NO4. The van der Waals surface area contributed by atoms with Gasteiger partial charge in [0, 0.05) is 13.1 Å². The van der Waals surface area contributed by atoms with Crippen molar-refractivity contribution < 1.29 is 19.4 Å². The first-order valence-electron chi connectivity index (χ1n) is 9.57. The van der Waals surface area contributed by atoms with Gasteiger partial charge in [-0.25, -0.2) is 4.79 Å². The zero-order chi connectivity index (χ0) is 20.3. The van der Waals surface area contributed by atoms with Gasteiger partial charge >= 0.3 is 6.09 Å². The molecule has 3 rings (SSSR count). The van der Waals surface area contributed by atoms with Gasteiger partial charge < -0.3 is 19.5 Å². The molecule has 0 radical (unpaired) electrons. The lowest BCUT2D eigenvalue weighted by atomic mass is 10.1. The highest BCUT2D eigenvalue weighted by Crippen LogP contribution is 2.19. The Hall–Kier alpha value is -3.31. The lowest BCUT2D eigenvalue weighted by molar-refractivity contribution is 0.0915. The number of benzene rings is 3. The van der Waals surface area contributed by atoms with Crippen molar-refractivity contribution in [2.45, 2.75) is 19.6 Å². The molecule has 150 valence electrons. The Bertz CT molecular complexity index is 884. The average Bonchev–Trinajstić information content (AvgIpc) is 2.77. The standard InChI is InChI=1S/C24H25NO4/c26-19-29-23-14-8-7-13-22(23)15-16-25(17-20-9-3-1-4-10-20)24(27)28-18-21-11-5-2-6-12-21/h1-14,26H,15-19H2. The van der Waals surface area contributed by atoms with Crippen molar-refractivity contribution >= 4 is 6.09 Å². The molecule has 0 heterocycles. The first kappa shape index (κ1) is 20.4. The fourth-order valence-corrected chi connectivity index (χ4v) is 3.03. The molecule has 0 saturated carbocycles. The third-order valence-corrected chi connectivity index (χ3v) is 4.52. The van der Waals surface area contributed by atoms with Crippen molar-refractivity contribution in [2.75, 3.05) is 13.3 Å². The number of ether oxygens (including phenoxy) is 2. The van der Waals surface area contributed by atoms with Crippen molar-refractivity contribution in [1.29, 1.82) is 0 Å². The number of nitrogens with zero attached hydrogens (tertiary/aromatic N) is 1. The SMILES string of the molecule is O=C(OCc1ccccc1)N(CCc1ccccc1OCO)Cc1ccccc1. The summed E-state index contributed by atoms with van der Waals surface area (Å²) in [5.41, 5.74) is 2.90. The summed E-state index contributed by atoms with van der Waals surface area (Å²) in [4.78, 5) is 14.5. The van der Waals surface area contributed by atoms with Crippen molar-refractivity contribution in [3.05, 3.63) is 102 Å². The lowest BCUT2D eigenvalue weighted by Crippen LogP contribution is -2.33. The van der Waals surface area contributed by atoms with Gasteiger partial charge in [0.2, 0.25) is 0 Å². The maximum atomic E-state index is 12.8. The minimum Gasteiger partial charge on any atom is -0.467 e. The topological polar surface area (TPSA) is 59.0 Å². The minimum atomic E-state index is -0.385. The molecule has 0 unspecified atom stereocenters. The van der Waals surface area contributed by atoms with E-state index in [0.29, 0.717) is 25.3 Å². The fraction of sp³-hybridized carbons (Fsp3) is 0.208. The second-order valence-electron chi connectivity index (χ2n) is 6.58. The molecule has 0 aliphatic heterocycles. The molecule has 0 spiro atoms. The van der Waals surface area contributed by atoms with Gasteiger partial charge in [0.15, 0.2) is 6.79 Å². The van der Waals surface area contributed by atoms with Crippen LogP contribution in [0.15, 0.2) is 84.9 Å². The number of aliphatic hydroxyl groups excluding tert-OH is 1. The first-order chi connectivity index (χ1) is 14.3. The van der Waals surface area contributed by atoms with Crippen molar-refractivity contribution in [3.8, 4) is 5.75 Å². The van der Waals surface area contributed by atoms with Crippen LogP contribution in [0, 0.1) is 0 Å². The lowest BCUT2D eigenvalue weighted by Gasteiger charge is -2.23. The zero-order valence-corrected chi connectivity index (χ0v) is 16.2. The Labute approximate surface area is 171 Å². The highest BCUT2D eigenvalue weighted by molar-refractivity contribution is 5.67. The van der Waals surface area contributed by atoms with Gasteiger partial charge in [-0.1, -0.05) is 78.9 Å².